The summed E-state index contributed by atoms with van der Waals surface area (Å²) in [5, 5.41) is 23.2. The Kier molecular flexibility index (Phi) is 49.2. The number of unbranched alkanes of at least 4 members (excludes halogenated alkanes) is 8. The minimum absolute atomic E-state index is 0.0571. The number of nitrogens with one attached hydrogen (secondary N) is 8. The van der Waals surface area contributed by atoms with Crippen LogP contribution in [-0.4, -0.2) is 209 Å². The molecule has 0 aromatic heterocycles. The van der Waals surface area contributed by atoms with E-state index in [9.17, 15) is 47.9 Å². The Labute approximate surface area is 481 Å². The largest absolute Gasteiger partial charge is 0.447 e. The van der Waals surface area contributed by atoms with Gasteiger partial charge in [0.15, 0.2) is 0 Å². The van der Waals surface area contributed by atoms with Gasteiger partial charge in [0.1, 0.15) is 13.2 Å². The fourth-order valence-electron chi connectivity index (χ4n) is 6.59. The lowest BCUT2D eigenvalue weighted by atomic mass is 10.2. The molecule has 0 aromatic rings. The molecule has 10 amide bonds. The van der Waals surface area contributed by atoms with Gasteiger partial charge in [-0.15, -0.1) is 0 Å². The molecule has 76 heavy (non-hydrogen) atoms. The molecule has 0 fully saturated rings. The van der Waals surface area contributed by atoms with Crippen molar-refractivity contribution in [1.29, 1.82) is 0 Å². The molecule has 438 valence electrons. The number of rotatable bonds is 49. The van der Waals surface area contributed by atoms with E-state index in [4.69, 9.17) is 18.9 Å². The third kappa shape index (κ3) is 46.3. The van der Waals surface area contributed by atoms with Gasteiger partial charge >= 0.3 is 12.2 Å². The first-order valence-electron chi connectivity index (χ1n) is 26.1. The van der Waals surface area contributed by atoms with Gasteiger partial charge in [-0.2, -0.15) is 0 Å². The summed E-state index contributed by atoms with van der Waals surface area (Å²) in [4.78, 5) is 124. The Hall–Kier alpha value is -3.86. The van der Waals surface area contributed by atoms with Gasteiger partial charge < -0.3 is 71.3 Å². The average molecular weight is 1340 g/mol. The quantitative estimate of drug-likeness (QED) is 0.0321. The van der Waals surface area contributed by atoms with Crippen LogP contribution >= 0.6 is 63.7 Å². The number of ether oxygens (including phenoxy) is 4. The van der Waals surface area contributed by atoms with Crippen LogP contribution in [0, 0.1) is 0 Å². The minimum atomic E-state index is -0.651. The Morgan fingerprint density at radius 3 is 0.737 bits per heavy atom. The van der Waals surface area contributed by atoms with Crippen LogP contribution in [0.2, 0.25) is 0 Å². The fourth-order valence-corrected chi connectivity index (χ4v) is 7.39. The van der Waals surface area contributed by atoms with Crippen molar-refractivity contribution in [3.05, 3.63) is 0 Å². The molecular formula is C48H84Br4N10O14. The summed E-state index contributed by atoms with van der Waals surface area (Å²) in [7, 11) is 0. The summed E-state index contributed by atoms with van der Waals surface area (Å²) in [5.74, 6) is -1.07. The summed E-state index contributed by atoms with van der Waals surface area (Å²) in [6.07, 6.45) is 8.45. The van der Waals surface area contributed by atoms with Crippen molar-refractivity contribution in [3.63, 3.8) is 0 Å². The number of amides is 10. The van der Waals surface area contributed by atoms with Crippen LogP contribution < -0.4 is 42.5 Å². The van der Waals surface area contributed by atoms with Crippen molar-refractivity contribution in [3.8, 4) is 0 Å². The Balaban J connectivity index is 4.86. The first kappa shape index (κ1) is 72.1. The summed E-state index contributed by atoms with van der Waals surface area (Å²) < 4.78 is 22.0. The van der Waals surface area contributed by atoms with Crippen molar-refractivity contribution >= 4 is 123 Å². The molecule has 0 saturated heterocycles. The van der Waals surface area contributed by atoms with Gasteiger partial charge in [0.25, 0.3) is 0 Å². The van der Waals surface area contributed by atoms with Crippen LogP contribution in [0.5, 0.6) is 0 Å². The second-order valence-corrected chi connectivity index (χ2v) is 19.2. The summed E-state index contributed by atoms with van der Waals surface area (Å²) in [6.45, 7) is 3.59. The molecule has 0 aromatic carbocycles. The standard InChI is InChI=1S/C48H84Br4N10O14/c49-35-43(67)53-17-9-1-5-13-39(63)57-21-25-61(26-22-58-40(64)14-6-2-10-18-54-44(68)36-50)47(71)75-33-31-73-29-30-74-32-34-76-48(72)62(27-23-59-41(65)15-7-3-11-19-55-45(69)37-51)28-24-60-42(66)16-8-4-12-20-56-46(70)38-52/h1-38H2,(H,53,67)(H,54,68)(H,55,69)(H,56,70)(H,57,63)(H,58,64)(H,59,65)(H,60,66). The Morgan fingerprint density at radius 2 is 0.500 bits per heavy atom. The number of hydrogen-bond acceptors (Lipinski definition) is 14. The van der Waals surface area contributed by atoms with Crippen molar-refractivity contribution < 1.29 is 66.9 Å². The fraction of sp³-hybridized carbons (Fsp3) is 0.792. The minimum Gasteiger partial charge on any atom is -0.447 e. The molecule has 0 bridgehead atoms. The van der Waals surface area contributed by atoms with E-state index in [0.29, 0.717) is 77.5 Å². The molecule has 0 heterocycles. The van der Waals surface area contributed by atoms with Crippen molar-refractivity contribution in [2.75, 3.05) is 139 Å². The van der Waals surface area contributed by atoms with Crippen molar-refractivity contribution in [2.24, 2.45) is 0 Å². The van der Waals surface area contributed by atoms with Crippen LogP contribution in [0.25, 0.3) is 0 Å². The maximum absolute atomic E-state index is 13.1. The van der Waals surface area contributed by atoms with Gasteiger partial charge in [0.05, 0.1) is 47.7 Å². The van der Waals surface area contributed by atoms with Crippen LogP contribution in [0.4, 0.5) is 9.59 Å². The summed E-state index contributed by atoms with van der Waals surface area (Å²) in [6, 6.07) is 0. The number of carbonyl (C=O) groups is 10. The van der Waals surface area contributed by atoms with E-state index in [1.54, 1.807) is 0 Å². The highest BCUT2D eigenvalue weighted by Crippen LogP contribution is 2.04. The number of halogens is 4. The predicted molar refractivity (Wildman–Crippen MR) is 301 cm³/mol. The Bertz CT molecular complexity index is 1460. The van der Waals surface area contributed by atoms with E-state index in [0.717, 1.165) is 51.4 Å². The molecule has 0 aliphatic rings. The normalized spacial score (nSPS) is 10.6. The van der Waals surface area contributed by atoms with Gasteiger partial charge in [0, 0.05) is 104 Å². The third-order valence-electron chi connectivity index (χ3n) is 10.7. The first-order chi connectivity index (χ1) is 36.8. The van der Waals surface area contributed by atoms with Crippen LogP contribution in [0.1, 0.15) is 103 Å². The van der Waals surface area contributed by atoms with E-state index >= 15 is 0 Å². The highest BCUT2D eigenvalue weighted by Gasteiger charge is 2.18. The van der Waals surface area contributed by atoms with Crippen LogP contribution in [0.3, 0.4) is 0 Å². The molecule has 0 atom stereocenters. The molecule has 28 heteroatoms. The van der Waals surface area contributed by atoms with Gasteiger partial charge in [-0.05, 0) is 51.4 Å². The molecule has 8 N–H and O–H groups in total. The van der Waals surface area contributed by atoms with Gasteiger partial charge in [0.2, 0.25) is 47.3 Å². The molecule has 0 unspecified atom stereocenters. The lowest BCUT2D eigenvalue weighted by molar-refractivity contribution is -0.122. The Morgan fingerprint density at radius 1 is 0.276 bits per heavy atom. The second kappa shape index (κ2) is 51.9. The molecule has 0 saturated carbocycles. The monoisotopic (exact) mass is 1340 g/mol. The van der Waals surface area contributed by atoms with Gasteiger partial charge in [-0.25, -0.2) is 9.59 Å². The zero-order valence-electron chi connectivity index (χ0n) is 44.0. The van der Waals surface area contributed by atoms with E-state index in [-0.39, 0.29) is 161 Å². The summed E-state index contributed by atoms with van der Waals surface area (Å²) in [5.41, 5.74) is 0. The van der Waals surface area contributed by atoms with E-state index < -0.39 is 12.2 Å². The molecule has 0 radical (unpaired) electrons. The lowest BCUT2D eigenvalue weighted by Gasteiger charge is -2.23. The topological polar surface area (TPSA) is 310 Å². The first-order valence-corrected chi connectivity index (χ1v) is 30.6. The molecule has 0 rings (SSSR count). The number of nitrogens with zero attached hydrogens (tertiary/aromatic N) is 2. The van der Waals surface area contributed by atoms with Gasteiger partial charge in [-0.3, -0.25) is 38.4 Å². The SMILES string of the molecule is O=C(CBr)NCCCCCC(=O)NCCN(CCNC(=O)CCCCCNC(=O)CBr)C(=O)OCCOCCOCCOC(=O)N(CCNC(=O)CCCCCNC(=O)CBr)CCNC(=O)CCCCCNC(=O)CBr. The zero-order chi connectivity index (χ0) is 56.3. The average Bonchev–Trinajstić information content (AvgIpc) is 3.41. The zero-order valence-corrected chi connectivity index (χ0v) is 50.3. The van der Waals surface area contributed by atoms with E-state index in [2.05, 4.69) is 106 Å². The lowest BCUT2D eigenvalue weighted by Crippen LogP contribution is -2.43. The number of alkyl halides is 4. The maximum Gasteiger partial charge on any atom is 0.409 e. The van der Waals surface area contributed by atoms with E-state index in [1.165, 1.54) is 9.80 Å². The van der Waals surface area contributed by atoms with Gasteiger partial charge in [-0.1, -0.05) is 89.4 Å². The molecule has 0 aliphatic carbocycles. The highest BCUT2D eigenvalue weighted by atomic mass is 79.9. The molecule has 24 nitrogen and oxygen atoms in total. The molecule has 0 aliphatic heterocycles. The highest BCUT2D eigenvalue weighted by molar-refractivity contribution is 9.10. The smallest absolute Gasteiger partial charge is 0.409 e. The predicted octanol–water partition coefficient (Wildman–Crippen LogP) is 2.65. The number of carbonyl (C=O) groups excluding carboxylic acids is 10. The maximum atomic E-state index is 13.1. The van der Waals surface area contributed by atoms with Crippen molar-refractivity contribution in [1.82, 2.24) is 52.3 Å². The molecular weight excluding hydrogens is 1260 g/mol. The third-order valence-corrected chi connectivity index (χ3v) is 12.7. The second-order valence-electron chi connectivity index (χ2n) is 17.0. The number of hydrogen-bond donors (Lipinski definition) is 8. The van der Waals surface area contributed by atoms with Crippen molar-refractivity contribution in [2.45, 2.75) is 103 Å². The molecule has 0 spiro atoms. The van der Waals surface area contributed by atoms with E-state index in [1.807, 2.05) is 0 Å². The van der Waals surface area contributed by atoms with Crippen LogP contribution in [0.15, 0.2) is 0 Å². The van der Waals surface area contributed by atoms with Crippen LogP contribution in [-0.2, 0) is 57.3 Å². The summed E-state index contributed by atoms with van der Waals surface area (Å²) >= 11 is 12.4.